The Morgan fingerprint density at radius 3 is 2.59 bits per heavy atom. The van der Waals surface area contributed by atoms with E-state index in [0.717, 1.165) is 17.4 Å². The number of carbonyl (C=O) groups is 1. The molecule has 0 saturated carbocycles. The average Bonchev–Trinajstić information content (AvgIpc) is 2.30. The topological polar surface area (TPSA) is 20.3 Å². The minimum atomic E-state index is 0.102. The maximum Gasteiger partial charge on any atom is 0.227 e. The Balaban J connectivity index is 2.69. The number of hydrogen-bond acceptors (Lipinski definition) is 1. The van der Waals surface area contributed by atoms with Crippen LogP contribution in [0.15, 0.2) is 18.2 Å². The number of hydrogen-bond donors (Lipinski definition) is 0. The number of benzene rings is 1. The Bertz CT molecular complexity index is 398. The molecule has 0 atom stereocenters. The van der Waals surface area contributed by atoms with Crippen molar-refractivity contribution in [2.45, 2.75) is 13.3 Å². The van der Waals surface area contributed by atoms with Gasteiger partial charge in [-0.2, -0.15) is 0 Å². The van der Waals surface area contributed by atoms with Crippen LogP contribution in [0.3, 0.4) is 0 Å². The second kappa shape index (κ2) is 7.24. The molecule has 1 rings (SSSR count). The zero-order valence-electron chi connectivity index (χ0n) is 9.55. The Hall–Kier alpha value is -0.250. The Morgan fingerprint density at radius 2 is 2.06 bits per heavy atom. The van der Waals surface area contributed by atoms with E-state index in [2.05, 4.69) is 15.9 Å². The van der Waals surface area contributed by atoms with Crippen molar-refractivity contribution in [3.63, 3.8) is 0 Å². The summed E-state index contributed by atoms with van der Waals surface area (Å²) in [4.78, 5) is 13.8. The maximum atomic E-state index is 12.0. The first-order chi connectivity index (χ1) is 8.08. The van der Waals surface area contributed by atoms with Crippen molar-refractivity contribution in [3.8, 4) is 0 Å². The van der Waals surface area contributed by atoms with Gasteiger partial charge in [0.15, 0.2) is 0 Å². The van der Waals surface area contributed by atoms with E-state index in [4.69, 9.17) is 23.2 Å². The van der Waals surface area contributed by atoms with E-state index in [9.17, 15) is 4.79 Å². The van der Waals surface area contributed by atoms with E-state index in [1.54, 1.807) is 17.0 Å². The normalized spacial score (nSPS) is 10.4. The summed E-state index contributed by atoms with van der Waals surface area (Å²) in [7, 11) is 0. The van der Waals surface area contributed by atoms with Crippen LogP contribution in [-0.2, 0) is 11.2 Å². The molecule has 0 aliphatic rings. The Labute approximate surface area is 120 Å². The minimum Gasteiger partial charge on any atom is -0.342 e. The number of rotatable bonds is 5. The lowest BCUT2D eigenvalue weighted by atomic mass is 10.1. The highest BCUT2D eigenvalue weighted by Crippen LogP contribution is 2.22. The van der Waals surface area contributed by atoms with E-state index in [0.29, 0.717) is 23.0 Å². The molecule has 0 heterocycles. The third-order valence-corrected chi connectivity index (χ3v) is 3.52. The van der Waals surface area contributed by atoms with Gasteiger partial charge in [0.1, 0.15) is 0 Å². The summed E-state index contributed by atoms with van der Waals surface area (Å²) in [6.45, 7) is 3.40. The number of nitrogens with zero attached hydrogens (tertiary/aromatic N) is 1. The van der Waals surface area contributed by atoms with Gasteiger partial charge in [-0.05, 0) is 24.6 Å². The molecule has 5 heteroatoms. The molecule has 0 saturated heterocycles. The lowest BCUT2D eigenvalue weighted by Gasteiger charge is -2.19. The number of carbonyl (C=O) groups excluding carboxylic acids is 1. The lowest BCUT2D eigenvalue weighted by molar-refractivity contribution is -0.130. The smallest absolute Gasteiger partial charge is 0.227 e. The first-order valence-electron chi connectivity index (χ1n) is 5.36. The molecule has 1 amide bonds. The highest BCUT2D eigenvalue weighted by atomic mass is 79.9. The molecule has 94 valence electrons. The number of alkyl halides is 1. The molecule has 0 aliphatic carbocycles. The third-order valence-electron chi connectivity index (χ3n) is 2.43. The van der Waals surface area contributed by atoms with Crippen LogP contribution in [0.1, 0.15) is 12.5 Å². The van der Waals surface area contributed by atoms with Gasteiger partial charge in [-0.15, -0.1) is 0 Å². The van der Waals surface area contributed by atoms with Gasteiger partial charge in [-0.25, -0.2) is 0 Å². The highest BCUT2D eigenvalue weighted by molar-refractivity contribution is 9.09. The molecule has 1 aromatic rings. The van der Waals surface area contributed by atoms with Crippen LogP contribution in [0.4, 0.5) is 0 Å². The molecule has 0 spiro atoms. The van der Waals surface area contributed by atoms with Gasteiger partial charge in [0, 0.05) is 18.4 Å². The van der Waals surface area contributed by atoms with Crippen LogP contribution in [-0.4, -0.2) is 29.2 Å². The van der Waals surface area contributed by atoms with Crippen molar-refractivity contribution in [1.29, 1.82) is 0 Å². The molecule has 1 aromatic carbocycles. The summed E-state index contributed by atoms with van der Waals surface area (Å²) in [5, 5.41) is 1.78. The molecule has 0 aliphatic heterocycles. The summed E-state index contributed by atoms with van der Waals surface area (Å²) in [6, 6.07) is 5.28. The molecule has 0 aromatic heterocycles. The van der Waals surface area contributed by atoms with Crippen LogP contribution < -0.4 is 0 Å². The van der Waals surface area contributed by atoms with Crippen molar-refractivity contribution in [1.82, 2.24) is 4.90 Å². The SMILES string of the molecule is CCN(CCBr)C(=O)Cc1ccc(Cl)c(Cl)c1. The second-order valence-corrected chi connectivity index (χ2v) is 5.20. The van der Waals surface area contributed by atoms with Crippen molar-refractivity contribution in [3.05, 3.63) is 33.8 Å². The Morgan fingerprint density at radius 1 is 1.35 bits per heavy atom. The molecule has 0 radical (unpaired) electrons. The number of likely N-dealkylation sites (N-methyl/N-ethyl adjacent to an activating group) is 1. The van der Waals surface area contributed by atoms with Gasteiger partial charge in [-0.1, -0.05) is 45.2 Å². The van der Waals surface area contributed by atoms with E-state index in [1.807, 2.05) is 13.0 Å². The van der Waals surface area contributed by atoms with Crippen molar-refractivity contribution >= 4 is 45.0 Å². The second-order valence-electron chi connectivity index (χ2n) is 3.59. The van der Waals surface area contributed by atoms with Gasteiger partial charge in [0.2, 0.25) is 5.91 Å². The summed E-state index contributed by atoms with van der Waals surface area (Å²) >= 11 is 15.1. The molecule has 0 bridgehead atoms. The lowest BCUT2D eigenvalue weighted by Crippen LogP contribution is -2.33. The van der Waals surface area contributed by atoms with Gasteiger partial charge in [-0.3, -0.25) is 4.79 Å². The quantitative estimate of drug-likeness (QED) is 0.748. The summed E-state index contributed by atoms with van der Waals surface area (Å²) in [5.41, 5.74) is 0.887. The molecule has 0 fully saturated rings. The first kappa shape index (κ1) is 14.8. The van der Waals surface area contributed by atoms with Crippen LogP contribution in [0.25, 0.3) is 0 Å². The van der Waals surface area contributed by atoms with Crippen LogP contribution >= 0.6 is 39.1 Å². The molecular formula is C12H14BrCl2NO. The van der Waals surface area contributed by atoms with E-state index >= 15 is 0 Å². The van der Waals surface area contributed by atoms with Gasteiger partial charge in [0.05, 0.1) is 16.5 Å². The summed E-state index contributed by atoms with van der Waals surface area (Å²) in [5.74, 6) is 0.102. The van der Waals surface area contributed by atoms with E-state index in [1.165, 1.54) is 0 Å². The minimum absolute atomic E-state index is 0.102. The predicted molar refractivity (Wildman–Crippen MR) is 76.2 cm³/mol. The zero-order chi connectivity index (χ0) is 12.8. The molecular weight excluding hydrogens is 325 g/mol. The van der Waals surface area contributed by atoms with Crippen molar-refractivity contribution < 1.29 is 4.79 Å². The Kier molecular flexibility index (Phi) is 6.31. The largest absolute Gasteiger partial charge is 0.342 e. The fraction of sp³-hybridized carbons (Fsp3) is 0.417. The van der Waals surface area contributed by atoms with Gasteiger partial charge < -0.3 is 4.90 Å². The monoisotopic (exact) mass is 337 g/mol. The molecule has 0 unspecified atom stereocenters. The van der Waals surface area contributed by atoms with Crippen molar-refractivity contribution in [2.75, 3.05) is 18.4 Å². The number of amides is 1. The number of halogens is 3. The average molecular weight is 339 g/mol. The highest BCUT2D eigenvalue weighted by Gasteiger charge is 2.12. The van der Waals surface area contributed by atoms with Crippen molar-refractivity contribution in [2.24, 2.45) is 0 Å². The molecule has 0 N–H and O–H groups in total. The maximum absolute atomic E-state index is 12.0. The van der Waals surface area contributed by atoms with Gasteiger partial charge >= 0.3 is 0 Å². The first-order valence-corrected chi connectivity index (χ1v) is 7.24. The van der Waals surface area contributed by atoms with Gasteiger partial charge in [0.25, 0.3) is 0 Å². The zero-order valence-corrected chi connectivity index (χ0v) is 12.6. The fourth-order valence-corrected chi connectivity index (χ4v) is 2.25. The van der Waals surface area contributed by atoms with Crippen LogP contribution in [0.5, 0.6) is 0 Å². The van der Waals surface area contributed by atoms with E-state index in [-0.39, 0.29) is 5.91 Å². The van der Waals surface area contributed by atoms with Crippen LogP contribution in [0, 0.1) is 0 Å². The summed E-state index contributed by atoms with van der Waals surface area (Å²) in [6.07, 6.45) is 0.359. The molecule has 17 heavy (non-hydrogen) atoms. The van der Waals surface area contributed by atoms with Crippen LogP contribution in [0.2, 0.25) is 10.0 Å². The van der Waals surface area contributed by atoms with E-state index < -0.39 is 0 Å². The fourth-order valence-electron chi connectivity index (χ4n) is 1.50. The molecule has 2 nitrogen and oxygen atoms in total. The summed E-state index contributed by atoms with van der Waals surface area (Å²) < 4.78 is 0. The predicted octanol–water partition coefficient (Wildman–Crippen LogP) is 3.78. The standard InChI is InChI=1S/C12H14BrCl2NO/c1-2-16(6-5-13)12(17)8-9-3-4-10(14)11(15)7-9/h3-4,7H,2,5-6,8H2,1H3. The third kappa shape index (κ3) is 4.49.